The lowest BCUT2D eigenvalue weighted by Gasteiger charge is -2.22. The summed E-state index contributed by atoms with van der Waals surface area (Å²) in [6, 6.07) is 7.24. The van der Waals surface area contributed by atoms with Gasteiger partial charge in [-0.3, -0.25) is 4.90 Å². The Kier molecular flexibility index (Phi) is 5.16. The molecule has 1 fully saturated rings. The van der Waals surface area contributed by atoms with Crippen LogP contribution in [0, 0.1) is 0 Å². The van der Waals surface area contributed by atoms with Gasteiger partial charge in [0, 0.05) is 19.6 Å². The number of likely N-dealkylation sites (tertiary alicyclic amines) is 1. The monoisotopic (exact) mass is 310 g/mol. The minimum atomic E-state index is -0.654. The van der Waals surface area contributed by atoms with Gasteiger partial charge in [0.2, 0.25) is 0 Å². The normalized spacial score (nSPS) is 24.0. The molecule has 1 aromatic carbocycles. The summed E-state index contributed by atoms with van der Waals surface area (Å²) in [5.74, 6) is 0.581. The summed E-state index contributed by atoms with van der Waals surface area (Å²) >= 11 is 4.97. The third kappa shape index (κ3) is 4.64. The smallest absolute Gasteiger partial charge is 0.129 e. The lowest BCUT2D eigenvalue weighted by atomic mass is 10.1. The number of benzene rings is 1. The van der Waals surface area contributed by atoms with E-state index in [0.29, 0.717) is 24.4 Å². The van der Waals surface area contributed by atoms with E-state index in [-0.39, 0.29) is 11.6 Å². The Morgan fingerprint density at radius 2 is 2.24 bits per heavy atom. The van der Waals surface area contributed by atoms with Crippen molar-refractivity contribution < 1.29 is 14.9 Å². The summed E-state index contributed by atoms with van der Waals surface area (Å²) in [6.07, 6.45) is 0.100. The highest BCUT2D eigenvalue weighted by Gasteiger charge is 2.32. The molecular formula is C15H22N2O3S. The van der Waals surface area contributed by atoms with Crippen molar-refractivity contribution in [3.05, 3.63) is 29.8 Å². The predicted molar refractivity (Wildman–Crippen MR) is 85.5 cm³/mol. The van der Waals surface area contributed by atoms with E-state index in [1.807, 2.05) is 24.0 Å². The molecule has 2 atom stereocenters. The minimum Gasteiger partial charge on any atom is -0.490 e. The standard InChI is InChI=1S/C15H22N2O3S/c1-15(19)6-7-17(10-15)8-11(18)9-20-13-5-3-2-4-12(13)14(16)21/h2-5,11,18-19H,6-10H2,1H3,(H2,16,21). The Labute approximate surface area is 130 Å². The van der Waals surface area contributed by atoms with Crippen molar-refractivity contribution in [3.8, 4) is 5.75 Å². The highest BCUT2D eigenvalue weighted by molar-refractivity contribution is 7.80. The van der Waals surface area contributed by atoms with Crippen LogP contribution in [0.1, 0.15) is 18.9 Å². The number of hydrogen-bond acceptors (Lipinski definition) is 5. The van der Waals surface area contributed by atoms with Crippen LogP contribution < -0.4 is 10.5 Å². The Morgan fingerprint density at radius 1 is 1.52 bits per heavy atom. The average molecular weight is 310 g/mol. The summed E-state index contributed by atoms with van der Waals surface area (Å²) in [5.41, 5.74) is 5.65. The zero-order valence-electron chi connectivity index (χ0n) is 12.2. The van der Waals surface area contributed by atoms with Gasteiger partial charge in [0.25, 0.3) is 0 Å². The van der Waals surface area contributed by atoms with E-state index >= 15 is 0 Å². The molecule has 5 nitrogen and oxygen atoms in total. The van der Waals surface area contributed by atoms with Crippen LogP contribution in [0.4, 0.5) is 0 Å². The van der Waals surface area contributed by atoms with E-state index in [9.17, 15) is 10.2 Å². The fourth-order valence-corrected chi connectivity index (χ4v) is 2.70. The van der Waals surface area contributed by atoms with Gasteiger partial charge in [-0.25, -0.2) is 0 Å². The first-order chi connectivity index (χ1) is 9.87. The van der Waals surface area contributed by atoms with Gasteiger partial charge in [-0.1, -0.05) is 24.4 Å². The maximum Gasteiger partial charge on any atom is 0.129 e. The second-order valence-corrected chi connectivity index (χ2v) is 6.25. The molecule has 1 aliphatic rings. The largest absolute Gasteiger partial charge is 0.490 e. The second-order valence-electron chi connectivity index (χ2n) is 5.81. The minimum absolute atomic E-state index is 0.165. The van der Waals surface area contributed by atoms with Crippen LogP contribution in [-0.2, 0) is 0 Å². The van der Waals surface area contributed by atoms with E-state index in [1.165, 1.54) is 0 Å². The van der Waals surface area contributed by atoms with Crippen LogP contribution >= 0.6 is 12.2 Å². The SMILES string of the molecule is CC1(O)CCN(CC(O)COc2ccccc2C(N)=S)C1. The molecule has 2 rings (SSSR count). The van der Waals surface area contributed by atoms with Gasteiger partial charge in [0.15, 0.2) is 0 Å². The number of para-hydroxylation sites is 1. The second kappa shape index (κ2) is 6.70. The summed E-state index contributed by atoms with van der Waals surface area (Å²) < 4.78 is 5.62. The molecule has 0 bridgehead atoms. The lowest BCUT2D eigenvalue weighted by Crippen LogP contribution is -2.37. The number of aliphatic hydroxyl groups is 2. The van der Waals surface area contributed by atoms with E-state index in [0.717, 1.165) is 13.0 Å². The topological polar surface area (TPSA) is 79.0 Å². The molecule has 4 N–H and O–H groups in total. The molecule has 0 radical (unpaired) electrons. The Bertz CT molecular complexity index is 507. The maximum absolute atomic E-state index is 10.1. The van der Waals surface area contributed by atoms with Crippen LogP contribution in [-0.4, -0.2) is 58.0 Å². The molecule has 21 heavy (non-hydrogen) atoms. The summed E-state index contributed by atoms with van der Waals surface area (Å²) in [6.45, 7) is 3.82. The first-order valence-electron chi connectivity index (χ1n) is 7.02. The molecule has 0 spiro atoms. The fourth-order valence-electron chi connectivity index (χ4n) is 2.53. The molecule has 1 saturated heterocycles. The molecule has 0 aliphatic carbocycles. The van der Waals surface area contributed by atoms with Crippen LogP contribution in [0.25, 0.3) is 0 Å². The summed E-state index contributed by atoms with van der Waals surface area (Å²) in [7, 11) is 0. The van der Waals surface area contributed by atoms with E-state index in [4.69, 9.17) is 22.7 Å². The molecule has 1 aliphatic heterocycles. The molecule has 0 amide bonds. The zero-order valence-corrected chi connectivity index (χ0v) is 13.0. The number of β-amino-alcohol motifs (C(OH)–C–C–N with tert-alkyl or cyclic N) is 2. The van der Waals surface area contributed by atoms with Gasteiger partial charge in [0.05, 0.1) is 11.2 Å². The highest BCUT2D eigenvalue weighted by atomic mass is 32.1. The Hall–Kier alpha value is -1.21. The zero-order chi connectivity index (χ0) is 15.5. The van der Waals surface area contributed by atoms with Crippen molar-refractivity contribution in [1.29, 1.82) is 0 Å². The van der Waals surface area contributed by atoms with Crippen LogP contribution in [0.15, 0.2) is 24.3 Å². The molecule has 116 valence electrons. The molecule has 0 aromatic heterocycles. The van der Waals surface area contributed by atoms with Crippen molar-refractivity contribution >= 4 is 17.2 Å². The number of nitrogens with two attached hydrogens (primary N) is 1. The number of rotatable bonds is 6. The third-order valence-corrected chi connectivity index (χ3v) is 3.80. The summed E-state index contributed by atoms with van der Waals surface area (Å²) in [5, 5.41) is 20.0. The molecule has 1 aromatic rings. The van der Waals surface area contributed by atoms with E-state index in [2.05, 4.69) is 0 Å². The Balaban J connectivity index is 1.84. The Morgan fingerprint density at radius 3 is 2.86 bits per heavy atom. The van der Waals surface area contributed by atoms with Crippen molar-refractivity contribution in [1.82, 2.24) is 4.90 Å². The van der Waals surface area contributed by atoms with Crippen molar-refractivity contribution in [3.63, 3.8) is 0 Å². The number of hydrogen-bond donors (Lipinski definition) is 3. The third-order valence-electron chi connectivity index (χ3n) is 3.58. The van der Waals surface area contributed by atoms with Crippen molar-refractivity contribution in [2.45, 2.75) is 25.0 Å². The molecular weight excluding hydrogens is 288 g/mol. The number of nitrogens with zero attached hydrogens (tertiary/aromatic N) is 1. The van der Waals surface area contributed by atoms with Gasteiger partial charge in [0.1, 0.15) is 23.4 Å². The average Bonchev–Trinajstić information content (AvgIpc) is 2.75. The van der Waals surface area contributed by atoms with Gasteiger partial charge in [-0.05, 0) is 25.5 Å². The molecule has 2 unspecified atom stereocenters. The van der Waals surface area contributed by atoms with Gasteiger partial charge in [-0.2, -0.15) is 0 Å². The molecule has 6 heteroatoms. The quantitative estimate of drug-likeness (QED) is 0.665. The number of aliphatic hydroxyl groups excluding tert-OH is 1. The van der Waals surface area contributed by atoms with E-state index < -0.39 is 11.7 Å². The van der Waals surface area contributed by atoms with Crippen molar-refractivity contribution in [2.24, 2.45) is 5.73 Å². The predicted octanol–water partition coefficient (Wildman–Crippen LogP) is 0.517. The van der Waals surface area contributed by atoms with Gasteiger partial charge in [-0.15, -0.1) is 0 Å². The maximum atomic E-state index is 10.1. The van der Waals surface area contributed by atoms with Crippen LogP contribution in [0.5, 0.6) is 5.75 Å². The fraction of sp³-hybridized carbons (Fsp3) is 0.533. The number of thiocarbonyl (C=S) groups is 1. The van der Waals surface area contributed by atoms with Gasteiger partial charge >= 0.3 is 0 Å². The lowest BCUT2D eigenvalue weighted by molar-refractivity contribution is 0.0467. The number of ether oxygens (including phenoxy) is 1. The molecule has 0 saturated carbocycles. The van der Waals surface area contributed by atoms with Gasteiger partial charge < -0.3 is 20.7 Å². The van der Waals surface area contributed by atoms with Crippen molar-refractivity contribution in [2.75, 3.05) is 26.2 Å². The first-order valence-corrected chi connectivity index (χ1v) is 7.43. The van der Waals surface area contributed by atoms with Crippen LogP contribution in [0.2, 0.25) is 0 Å². The van der Waals surface area contributed by atoms with Crippen LogP contribution in [0.3, 0.4) is 0 Å². The van der Waals surface area contributed by atoms with E-state index in [1.54, 1.807) is 12.1 Å². The first kappa shape index (κ1) is 16.2. The summed E-state index contributed by atoms with van der Waals surface area (Å²) in [4.78, 5) is 2.31. The highest BCUT2D eigenvalue weighted by Crippen LogP contribution is 2.21. The molecule has 1 heterocycles.